The average molecular weight is 224 g/mol. The highest BCUT2D eigenvalue weighted by Gasteiger charge is 2.43. The fourth-order valence-corrected chi connectivity index (χ4v) is 2.71. The number of carbonyl (C=O) groups excluding carboxylic acids is 1. The summed E-state index contributed by atoms with van der Waals surface area (Å²) in [6, 6.07) is 0. The Labute approximate surface area is 98.4 Å². The minimum atomic E-state index is -0.164. The van der Waals surface area contributed by atoms with E-state index in [0.29, 0.717) is 5.41 Å². The van der Waals surface area contributed by atoms with Gasteiger partial charge in [0.1, 0.15) is 0 Å². The van der Waals surface area contributed by atoms with E-state index >= 15 is 0 Å². The highest BCUT2D eigenvalue weighted by Crippen LogP contribution is 2.49. The van der Waals surface area contributed by atoms with E-state index in [0.717, 1.165) is 26.1 Å². The molecule has 2 fully saturated rings. The fourth-order valence-electron chi connectivity index (χ4n) is 2.71. The first-order valence-corrected chi connectivity index (χ1v) is 6.59. The molecule has 0 aromatic carbocycles. The maximum Gasteiger partial charge on any atom is 0.227 e. The molecule has 3 nitrogen and oxygen atoms in total. The van der Waals surface area contributed by atoms with Crippen LogP contribution in [0.5, 0.6) is 0 Å². The van der Waals surface area contributed by atoms with E-state index in [9.17, 15) is 4.79 Å². The molecule has 92 valence electrons. The summed E-state index contributed by atoms with van der Waals surface area (Å²) < 4.78 is 0. The summed E-state index contributed by atoms with van der Waals surface area (Å²) in [5.74, 6) is 0.250. The Hall–Kier alpha value is -0.570. The molecule has 0 bridgehead atoms. The van der Waals surface area contributed by atoms with Gasteiger partial charge in [-0.05, 0) is 44.6 Å². The second-order valence-corrected chi connectivity index (χ2v) is 5.92. The molecule has 2 N–H and O–H groups in total. The van der Waals surface area contributed by atoms with Crippen LogP contribution in [0.2, 0.25) is 0 Å². The Morgan fingerprint density at radius 3 is 2.62 bits per heavy atom. The van der Waals surface area contributed by atoms with Crippen LogP contribution in [0.1, 0.15) is 46.0 Å². The van der Waals surface area contributed by atoms with E-state index < -0.39 is 0 Å². The van der Waals surface area contributed by atoms with Gasteiger partial charge in [-0.3, -0.25) is 4.79 Å². The van der Waals surface area contributed by atoms with Crippen LogP contribution in [-0.2, 0) is 4.79 Å². The highest BCUT2D eigenvalue weighted by atomic mass is 16.2. The predicted octanol–water partition coefficient (Wildman–Crippen LogP) is 1.68. The lowest BCUT2D eigenvalue weighted by Crippen LogP contribution is -2.42. The van der Waals surface area contributed by atoms with Crippen LogP contribution < -0.4 is 10.6 Å². The van der Waals surface area contributed by atoms with Crippen molar-refractivity contribution in [2.45, 2.75) is 46.0 Å². The van der Waals surface area contributed by atoms with Crippen LogP contribution in [0.15, 0.2) is 0 Å². The topological polar surface area (TPSA) is 41.1 Å². The normalized spacial score (nSPS) is 31.4. The quantitative estimate of drug-likeness (QED) is 0.746. The first-order chi connectivity index (χ1) is 7.60. The van der Waals surface area contributed by atoms with Gasteiger partial charge in [0, 0.05) is 13.1 Å². The number of carbonyl (C=O) groups is 1. The summed E-state index contributed by atoms with van der Waals surface area (Å²) in [5, 5.41) is 6.44. The van der Waals surface area contributed by atoms with E-state index in [-0.39, 0.29) is 11.3 Å². The molecule has 1 saturated heterocycles. The van der Waals surface area contributed by atoms with Crippen molar-refractivity contribution in [3.05, 3.63) is 0 Å². The van der Waals surface area contributed by atoms with Crippen molar-refractivity contribution in [2.24, 2.45) is 10.8 Å². The number of hydrogen-bond acceptors (Lipinski definition) is 2. The van der Waals surface area contributed by atoms with Gasteiger partial charge in [-0.25, -0.2) is 0 Å². The first kappa shape index (κ1) is 11.9. The highest BCUT2D eigenvalue weighted by molar-refractivity contribution is 5.82. The van der Waals surface area contributed by atoms with Crippen molar-refractivity contribution in [1.29, 1.82) is 0 Å². The van der Waals surface area contributed by atoms with Crippen molar-refractivity contribution in [2.75, 3.05) is 19.6 Å². The Morgan fingerprint density at radius 1 is 1.38 bits per heavy atom. The van der Waals surface area contributed by atoms with Crippen molar-refractivity contribution in [3.8, 4) is 0 Å². The molecule has 0 aromatic rings. The maximum absolute atomic E-state index is 12.1. The molecule has 16 heavy (non-hydrogen) atoms. The summed E-state index contributed by atoms with van der Waals surface area (Å²) in [6.45, 7) is 7.00. The summed E-state index contributed by atoms with van der Waals surface area (Å²) in [6.07, 6.45) is 6.07. The van der Waals surface area contributed by atoms with Crippen LogP contribution >= 0.6 is 0 Å². The van der Waals surface area contributed by atoms with Crippen molar-refractivity contribution >= 4 is 5.91 Å². The van der Waals surface area contributed by atoms with Gasteiger partial charge in [0.2, 0.25) is 5.91 Å². The Balaban J connectivity index is 1.79. The lowest BCUT2D eigenvalue weighted by atomic mass is 9.88. The van der Waals surface area contributed by atoms with E-state index in [1.807, 2.05) is 0 Å². The molecular weight excluding hydrogens is 200 g/mol. The van der Waals surface area contributed by atoms with Crippen LogP contribution in [0, 0.1) is 10.8 Å². The molecular formula is C13H24N2O. The zero-order valence-corrected chi connectivity index (χ0v) is 10.6. The maximum atomic E-state index is 12.1. The van der Waals surface area contributed by atoms with Crippen LogP contribution in [0.4, 0.5) is 0 Å². The van der Waals surface area contributed by atoms with E-state index in [4.69, 9.17) is 0 Å². The van der Waals surface area contributed by atoms with Crippen molar-refractivity contribution in [1.82, 2.24) is 10.6 Å². The smallest absolute Gasteiger partial charge is 0.227 e. The molecule has 0 aromatic heterocycles. The molecule has 1 amide bonds. The van der Waals surface area contributed by atoms with Crippen LogP contribution in [-0.4, -0.2) is 25.5 Å². The van der Waals surface area contributed by atoms with E-state index in [1.165, 1.54) is 25.7 Å². The predicted molar refractivity (Wildman–Crippen MR) is 65.2 cm³/mol. The molecule has 1 saturated carbocycles. The van der Waals surface area contributed by atoms with Gasteiger partial charge in [0.15, 0.2) is 0 Å². The number of rotatable bonds is 5. The molecule has 1 heterocycles. The second-order valence-electron chi connectivity index (χ2n) is 5.92. The molecule has 0 radical (unpaired) electrons. The van der Waals surface area contributed by atoms with E-state index in [2.05, 4.69) is 24.5 Å². The summed E-state index contributed by atoms with van der Waals surface area (Å²) in [7, 11) is 0. The van der Waals surface area contributed by atoms with Crippen molar-refractivity contribution < 1.29 is 4.79 Å². The van der Waals surface area contributed by atoms with Gasteiger partial charge >= 0.3 is 0 Å². The minimum absolute atomic E-state index is 0.164. The van der Waals surface area contributed by atoms with Crippen LogP contribution in [0.3, 0.4) is 0 Å². The number of hydrogen-bond donors (Lipinski definition) is 2. The van der Waals surface area contributed by atoms with Gasteiger partial charge in [0.05, 0.1) is 5.41 Å². The minimum Gasteiger partial charge on any atom is -0.355 e. The molecule has 1 atom stereocenters. The SMILES string of the molecule is CCCC1(CNC(=O)C2(C)CCNC2)CC1. The zero-order chi connectivity index (χ0) is 11.6. The van der Waals surface area contributed by atoms with Crippen LogP contribution in [0.25, 0.3) is 0 Å². The first-order valence-electron chi connectivity index (χ1n) is 6.59. The largest absolute Gasteiger partial charge is 0.355 e. The molecule has 1 aliphatic heterocycles. The molecule has 2 rings (SSSR count). The van der Waals surface area contributed by atoms with Gasteiger partial charge in [-0.15, -0.1) is 0 Å². The number of amides is 1. The third kappa shape index (κ3) is 2.40. The standard InChI is InChI=1S/C13H24N2O/c1-3-4-13(5-6-13)10-15-11(16)12(2)7-8-14-9-12/h14H,3-10H2,1-2H3,(H,15,16). The van der Waals surface area contributed by atoms with Gasteiger partial charge in [0.25, 0.3) is 0 Å². The van der Waals surface area contributed by atoms with E-state index in [1.54, 1.807) is 0 Å². The zero-order valence-electron chi connectivity index (χ0n) is 10.6. The molecule has 0 spiro atoms. The fraction of sp³-hybridized carbons (Fsp3) is 0.923. The molecule has 1 aliphatic carbocycles. The lowest BCUT2D eigenvalue weighted by Gasteiger charge is -2.23. The molecule has 3 heteroatoms. The van der Waals surface area contributed by atoms with Crippen molar-refractivity contribution in [3.63, 3.8) is 0 Å². The average Bonchev–Trinajstić information content (AvgIpc) is 2.88. The molecule has 2 aliphatic rings. The number of nitrogens with one attached hydrogen (secondary N) is 2. The Bertz CT molecular complexity index is 265. The third-order valence-electron chi connectivity index (χ3n) is 4.28. The molecule has 1 unspecified atom stereocenters. The summed E-state index contributed by atoms with van der Waals surface area (Å²) in [5.41, 5.74) is 0.301. The Morgan fingerprint density at radius 2 is 2.12 bits per heavy atom. The summed E-state index contributed by atoms with van der Waals surface area (Å²) in [4.78, 5) is 12.1. The lowest BCUT2D eigenvalue weighted by molar-refractivity contribution is -0.129. The monoisotopic (exact) mass is 224 g/mol. The third-order valence-corrected chi connectivity index (χ3v) is 4.28. The van der Waals surface area contributed by atoms with Gasteiger partial charge < -0.3 is 10.6 Å². The van der Waals surface area contributed by atoms with Gasteiger partial charge in [-0.2, -0.15) is 0 Å². The van der Waals surface area contributed by atoms with Gasteiger partial charge in [-0.1, -0.05) is 13.3 Å². The summed E-state index contributed by atoms with van der Waals surface area (Å²) >= 11 is 0. The Kier molecular flexibility index (Phi) is 3.24. The second kappa shape index (κ2) is 4.36.